The first-order valence-electron chi connectivity index (χ1n) is 15.6. The molecule has 0 unspecified atom stereocenters. The predicted octanol–water partition coefficient (Wildman–Crippen LogP) is 10.7. The van der Waals surface area contributed by atoms with E-state index in [1.807, 2.05) is 84.9 Å². The highest BCUT2D eigenvalue weighted by Crippen LogP contribution is 2.39. The molecule has 3 heterocycles. The molecule has 0 bridgehead atoms. The molecule has 9 aromatic rings. The van der Waals surface area contributed by atoms with Crippen molar-refractivity contribution in [1.29, 1.82) is 0 Å². The smallest absolute Gasteiger partial charge is 0.164 e. The maximum Gasteiger partial charge on any atom is 0.164 e. The van der Waals surface area contributed by atoms with Crippen molar-refractivity contribution in [2.75, 3.05) is 0 Å². The van der Waals surface area contributed by atoms with Crippen LogP contribution in [0.15, 0.2) is 162 Å². The minimum absolute atomic E-state index is 0.596. The molecular weight excluding hydrogens is 576 g/mol. The minimum Gasteiger partial charge on any atom is -0.456 e. The molecule has 220 valence electrons. The lowest BCUT2D eigenvalue weighted by Crippen LogP contribution is -2.00. The summed E-state index contributed by atoms with van der Waals surface area (Å²) in [4.78, 5) is 19.9. The van der Waals surface area contributed by atoms with Gasteiger partial charge in [-0.2, -0.15) is 0 Å². The van der Waals surface area contributed by atoms with E-state index in [1.54, 1.807) is 0 Å². The predicted molar refractivity (Wildman–Crippen MR) is 190 cm³/mol. The molecular formula is C42H26N4O. The minimum atomic E-state index is 0.596. The van der Waals surface area contributed by atoms with Crippen LogP contribution in [0.4, 0.5) is 0 Å². The summed E-state index contributed by atoms with van der Waals surface area (Å²) in [5.41, 5.74) is 9.44. The Labute approximate surface area is 270 Å². The number of para-hydroxylation sites is 1. The van der Waals surface area contributed by atoms with Crippen LogP contribution in [0, 0.1) is 0 Å². The molecule has 3 aromatic heterocycles. The Morgan fingerprint density at radius 1 is 0.362 bits per heavy atom. The molecule has 5 heteroatoms. The van der Waals surface area contributed by atoms with E-state index in [0.717, 1.165) is 71.9 Å². The van der Waals surface area contributed by atoms with Crippen molar-refractivity contribution in [3.8, 4) is 56.5 Å². The first kappa shape index (κ1) is 26.9. The van der Waals surface area contributed by atoms with Gasteiger partial charge in [-0.05, 0) is 41.5 Å². The zero-order valence-electron chi connectivity index (χ0n) is 25.2. The molecule has 9 rings (SSSR count). The first-order chi connectivity index (χ1) is 23.3. The van der Waals surface area contributed by atoms with Gasteiger partial charge in [0, 0.05) is 38.4 Å². The SMILES string of the molecule is c1ccc(-c2nc(-c3ccccc3)nc(-c3cccc4oc5cc(-c6cc(-c7ccccc7)c7ccccc7n6)ccc5c34)n2)cc1. The molecule has 0 spiro atoms. The van der Waals surface area contributed by atoms with Gasteiger partial charge in [0.2, 0.25) is 0 Å². The molecule has 47 heavy (non-hydrogen) atoms. The second-order valence-corrected chi connectivity index (χ2v) is 11.5. The van der Waals surface area contributed by atoms with E-state index in [2.05, 4.69) is 72.8 Å². The van der Waals surface area contributed by atoms with Gasteiger partial charge in [-0.15, -0.1) is 0 Å². The van der Waals surface area contributed by atoms with E-state index in [4.69, 9.17) is 24.4 Å². The Bertz CT molecular complexity index is 2500. The van der Waals surface area contributed by atoms with Crippen molar-refractivity contribution in [2.24, 2.45) is 0 Å². The number of fused-ring (bicyclic) bond motifs is 4. The van der Waals surface area contributed by atoms with Gasteiger partial charge in [0.15, 0.2) is 17.5 Å². The fourth-order valence-electron chi connectivity index (χ4n) is 6.28. The van der Waals surface area contributed by atoms with Crippen molar-refractivity contribution in [2.45, 2.75) is 0 Å². The van der Waals surface area contributed by atoms with Gasteiger partial charge in [0.25, 0.3) is 0 Å². The van der Waals surface area contributed by atoms with Crippen LogP contribution in [-0.2, 0) is 0 Å². The van der Waals surface area contributed by atoms with Gasteiger partial charge < -0.3 is 4.42 Å². The van der Waals surface area contributed by atoms with E-state index >= 15 is 0 Å². The van der Waals surface area contributed by atoms with E-state index in [9.17, 15) is 0 Å². The van der Waals surface area contributed by atoms with Crippen LogP contribution in [-0.4, -0.2) is 19.9 Å². The number of rotatable bonds is 5. The third kappa shape index (κ3) is 4.82. The van der Waals surface area contributed by atoms with Crippen LogP contribution >= 0.6 is 0 Å². The third-order valence-electron chi connectivity index (χ3n) is 8.53. The molecule has 0 saturated heterocycles. The van der Waals surface area contributed by atoms with Crippen molar-refractivity contribution >= 4 is 32.8 Å². The summed E-state index contributed by atoms with van der Waals surface area (Å²) in [6.07, 6.45) is 0. The van der Waals surface area contributed by atoms with E-state index in [1.165, 1.54) is 0 Å². The van der Waals surface area contributed by atoms with Crippen LogP contribution < -0.4 is 0 Å². The van der Waals surface area contributed by atoms with E-state index < -0.39 is 0 Å². The van der Waals surface area contributed by atoms with Gasteiger partial charge >= 0.3 is 0 Å². The number of hydrogen-bond donors (Lipinski definition) is 0. The van der Waals surface area contributed by atoms with Crippen molar-refractivity contribution in [3.63, 3.8) is 0 Å². The summed E-state index contributed by atoms with van der Waals surface area (Å²) in [7, 11) is 0. The lowest BCUT2D eigenvalue weighted by molar-refractivity contribution is 0.669. The lowest BCUT2D eigenvalue weighted by atomic mass is 9.98. The Kier molecular flexibility index (Phi) is 6.39. The summed E-state index contributed by atoms with van der Waals surface area (Å²) < 4.78 is 6.51. The molecule has 0 radical (unpaired) electrons. The summed E-state index contributed by atoms with van der Waals surface area (Å²) >= 11 is 0. The molecule has 0 N–H and O–H groups in total. The molecule has 6 aromatic carbocycles. The second-order valence-electron chi connectivity index (χ2n) is 11.5. The Morgan fingerprint density at radius 3 is 1.68 bits per heavy atom. The van der Waals surface area contributed by atoms with Gasteiger partial charge in [0.1, 0.15) is 11.2 Å². The Hall–Kier alpha value is -6.46. The quantitative estimate of drug-likeness (QED) is 0.196. The highest BCUT2D eigenvalue weighted by molar-refractivity contribution is 6.12. The average Bonchev–Trinajstić information content (AvgIpc) is 3.53. The van der Waals surface area contributed by atoms with Crippen LogP contribution in [0.25, 0.3) is 89.4 Å². The molecule has 0 atom stereocenters. The number of nitrogens with zero attached hydrogens (tertiary/aromatic N) is 4. The standard InChI is InChI=1S/C42H26N4O/c1-4-13-27(14-5-1)34-26-36(43-35-21-11-10-19-31(34)35)30-23-24-32-38(25-30)47-37-22-12-20-33(39(32)37)42-45-40(28-15-6-2-7-16-28)44-41(46-42)29-17-8-3-9-18-29/h1-26H. The van der Waals surface area contributed by atoms with Crippen LogP contribution in [0.5, 0.6) is 0 Å². The molecule has 0 saturated carbocycles. The van der Waals surface area contributed by atoms with Gasteiger partial charge in [-0.1, -0.05) is 127 Å². The van der Waals surface area contributed by atoms with Gasteiger partial charge in [-0.25, -0.2) is 19.9 Å². The Balaban J connectivity index is 1.22. The number of aromatic nitrogens is 4. The van der Waals surface area contributed by atoms with E-state index in [0.29, 0.717) is 17.5 Å². The molecule has 5 nitrogen and oxygen atoms in total. The molecule has 0 aliphatic heterocycles. The zero-order valence-corrected chi connectivity index (χ0v) is 25.2. The number of pyridine rings is 1. The molecule has 0 aliphatic carbocycles. The maximum absolute atomic E-state index is 6.51. The second kappa shape index (κ2) is 11.2. The summed E-state index contributed by atoms with van der Waals surface area (Å²) in [6, 6.07) is 53.4. The fraction of sp³-hybridized carbons (Fsp3) is 0. The monoisotopic (exact) mass is 602 g/mol. The van der Waals surface area contributed by atoms with Gasteiger partial charge in [0.05, 0.1) is 11.2 Å². The van der Waals surface area contributed by atoms with E-state index in [-0.39, 0.29) is 0 Å². The number of hydrogen-bond acceptors (Lipinski definition) is 5. The van der Waals surface area contributed by atoms with Crippen molar-refractivity contribution < 1.29 is 4.42 Å². The van der Waals surface area contributed by atoms with Crippen LogP contribution in [0.1, 0.15) is 0 Å². The van der Waals surface area contributed by atoms with Crippen LogP contribution in [0.3, 0.4) is 0 Å². The summed E-state index contributed by atoms with van der Waals surface area (Å²) in [5.74, 6) is 1.84. The molecule has 0 fully saturated rings. The lowest BCUT2D eigenvalue weighted by Gasteiger charge is -2.10. The Morgan fingerprint density at radius 2 is 0.979 bits per heavy atom. The fourth-order valence-corrected chi connectivity index (χ4v) is 6.28. The third-order valence-corrected chi connectivity index (χ3v) is 8.53. The zero-order chi connectivity index (χ0) is 31.2. The highest BCUT2D eigenvalue weighted by Gasteiger charge is 2.19. The normalized spacial score (nSPS) is 11.4. The maximum atomic E-state index is 6.51. The summed E-state index contributed by atoms with van der Waals surface area (Å²) in [5, 5.41) is 3.08. The average molecular weight is 603 g/mol. The topological polar surface area (TPSA) is 64.7 Å². The van der Waals surface area contributed by atoms with Crippen molar-refractivity contribution in [1.82, 2.24) is 19.9 Å². The highest BCUT2D eigenvalue weighted by atomic mass is 16.3. The number of furan rings is 1. The van der Waals surface area contributed by atoms with Crippen molar-refractivity contribution in [3.05, 3.63) is 158 Å². The number of benzene rings is 6. The van der Waals surface area contributed by atoms with Crippen LogP contribution in [0.2, 0.25) is 0 Å². The first-order valence-corrected chi connectivity index (χ1v) is 15.6. The summed E-state index contributed by atoms with van der Waals surface area (Å²) in [6.45, 7) is 0. The molecule has 0 amide bonds. The molecule has 0 aliphatic rings. The van der Waals surface area contributed by atoms with Gasteiger partial charge in [-0.3, -0.25) is 0 Å². The largest absolute Gasteiger partial charge is 0.456 e.